The third-order valence-corrected chi connectivity index (χ3v) is 1.11. The van der Waals surface area contributed by atoms with Crippen LogP contribution in [0, 0.1) is 6.92 Å². The summed E-state index contributed by atoms with van der Waals surface area (Å²) in [5.74, 6) is 0.718. The maximum Gasteiger partial charge on any atom is 0.171 e. The number of tetrazole rings is 1. The lowest BCUT2D eigenvalue weighted by Crippen LogP contribution is -2.24. The molecule has 0 amide bonds. The van der Waals surface area contributed by atoms with E-state index in [2.05, 4.69) is 15.4 Å². The number of hydrogen-bond acceptors (Lipinski definition) is 3. The molecule has 0 saturated heterocycles. The van der Waals surface area contributed by atoms with E-state index < -0.39 is 0 Å². The number of nitrogens with zero attached hydrogens (tertiary/aromatic N) is 4. The van der Waals surface area contributed by atoms with E-state index in [1.165, 1.54) is 0 Å². The highest BCUT2D eigenvalue weighted by molar-refractivity contribution is 4.72. The van der Waals surface area contributed by atoms with Gasteiger partial charge in [-0.1, -0.05) is 0 Å². The molecule has 0 aliphatic carbocycles. The van der Waals surface area contributed by atoms with E-state index in [4.69, 9.17) is 0 Å². The van der Waals surface area contributed by atoms with Crippen molar-refractivity contribution in [2.45, 2.75) is 33.2 Å². The molecule has 0 bridgehead atoms. The van der Waals surface area contributed by atoms with Gasteiger partial charge in [0.15, 0.2) is 5.82 Å². The standard InChI is InChI=1S/C6H12N4/c1-5-7-9-10(8-5)6(2,3)4/h1-4H3. The molecule has 0 aromatic carbocycles. The maximum absolute atomic E-state index is 4.08. The Hall–Kier alpha value is -0.930. The van der Waals surface area contributed by atoms with Crippen LogP contribution in [0.3, 0.4) is 0 Å². The summed E-state index contributed by atoms with van der Waals surface area (Å²) in [5, 5.41) is 11.7. The predicted octanol–water partition coefficient (Wildman–Crippen LogP) is 0.737. The Morgan fingerprint density at radius 3 is 2.10 bits per heavy atom. The highest BCUT2D eigenvalue weighted by atomic mass is 15.6. The lowest BCUT2D eigenvalue weighted by atomic mass is 10.1. The Bertz CT molecular complexity index is 220. The van der Waals surface area contributed by atoms with Crippen LogP contribution in [0.25, 0.3) is 0 Å². The van der Waals surface area contributed by atoms with E-state index in [1.54, 1.807) is 4.80 Å². The molecule has 1 heterocycles. The smallest absolute Gasteiger partial charge is 0.159 e. The minimum atomic E-state index is -0.0543. The highest BCUT2D eigenvalue weighted by Crippen LogP contribution is 2.08. The number of rotatable bonds is 0. The molecular formula is C6H12N4. The van der Waals surface area contributed by atoms with Crippen molar-refractivity contribution in [1.29, 1.82) is 0 Å². The van der Waals surface area contributed by atoms with Crippen molar-refractivity contribution in [2.24, 2.45) is 0 Å². The molecule has 1 rings (SSSR count). The monoisotopic (exact) mass is 140 g/mol. The summed E-state index contributed by atoms with van der Waals surface area (Å²) in [7, 11) is 0. The molecule has 10 heavy (non-hydrogen) atoms. The Morgan fingerprint density at radius 2 is 1.90 bits per heavy atom. The van der Waals surface area contributed by atoms with Crippen molar-refractivity contribution in [1.82, 2.24) is 20.2 Å². The SMILES string of the molecule is Cc1nnn(C(C)(C)C)n1. The molecule has 0 spiro atoms. The van der Waals surface area contributed by atoms with E-state index in [9.17, 15) is 0 Å². The van der Waals surface area contributed by atoms with E-state index in [0.717, 1.165) is 5.82 Å². The summed E-state index contributed by atoms with van der Waals surface area (Å²) in [6, 6.07) is 0. The normalized spacial score (nSPS) is 12.0. The van der Waals surface area contributed by atoms with E-state index in [1.807, 2.05) is 27.7 Å². The Kier molecular flexibility index (Phi) is 1.46. The van der Waals surface area contributed by atoms with Crippen LogP contribution in [0.15, 0.2) is 0 Å². The molecule has 0 unspecified atom stereocenters. The van der Waals surface area contributed by atoms with Crippen molar-refractivity contribution in [3.05, 3.63) is 5.82 Å². The van der Waals surface area contributed by atoms with E-state index in [-0.39, 0.29) is 5.54 Å². The van der Waals surface area contributed by atoms with Gasteiger partial charge >= 0.3 is 0 Å². The fraction of sp³-hybridized carbons (Fsp3) is 0.833. The maximum atomic E-state index is 4.08. The number of aromatic nitrogens is 4. The van der Waals surface area contributed by atoms with E-state index >= 15 is 0 Å². The number of hydrogen-bond donors (Lipinski definition) is 0. The molecule has 0 aliphatic rings. The second kappa shape index (κ2) is 2.04. The minimum Gasteiger partial charge on any atom is -0.159 e. The fourth-order valence-electron chi connectivity index (χ4n) is 0.568. The van der Waals surface area contributed by atoms with Crippen LogP contribution >= 0.6 is 0 Å². The number of aryl methyl sites for hydroxylation is 1. The third-order valence-electron chi connectivity index (χ3n) is 1.11. The van der Waals surface area contributed by atoms with Crippen LogP contribution in [0.4, 0.5) is 0 Å². The zero-order valence-corrected chi connectivity index (χ0v) is 6.79. The van der Waals surface area contributed by atoms with Crippen molar-refractivity contribution in [3.63, 3.8) is 0 Å². The third kappa shape index (κ3) is 1.32. The molecule has 0 N–H and O–H groups in total. The Balaban J connectivity index is 2.96. The van der Waals surface area contributed by atoms with Crippen molar-refractivity contribution >= 4 is 0 Å². The molecule has 56 valence electrons. The average molecular weight is 140 g/mol. The summed E-state index contributed by atoms with van der Waals surface area (Å²) in [5.41, 5.74) is -0.0543. The average Bonchev–Trinajstić information content (AvgIpc) is 2.11. The molecule has 4 nitrogen and oxygen atoms in total. The van der Waals surface area contributed by atoms with Crippen LogP contribution < -0.4 is 0 Å². The second-order valence-corrected chi connectivity index (χ2v) is 3.30. The summed E-state index contributed by atoms with van der Waals surface area (Å²) in [6.07, 6.45) is 0. The van der Waals surface area contributed by atoms with Crippen LogP contribution in [0.5, 0.6) is 0 Å². The first-order valence-corrected chi connectivity index (χ1v) is 3.27. The molecule has 0 radical (unpaired) electrons. The van der Waals surface area contributed by atoms with Gasteiger partial charge in [0.05, 0.1) is 5.54 Å². The van der Waals surface area contributed by atoms with Gasteiger partial charge in [-0.25, -0.2) is 0 Å². The molecule has 1 aromatic rings. The van der Waals surface area contributed by atoms with Crippen molar-refractivity contribution in [2.75, 3.05) is 0 Å². The van der Waals surface area contributed by atoms with Gasteiger partial charge in [0.25, 0.3) is 0 Å². The van der Waals surface area contributed by atoms with Crippen molar-refractivity contribution in [3.8, 4) is 0 Å². The minimum absolute atomic E-state index is 0.0543. The van der Waals surface area contributed by atoms with Gasteiger partial charge in [-0.15, -0.1) is 10.2 Å². The molecule has 0 atom stereocenters. The molecule has 0 aliphatic heterocycles. The lowest BCUT2D eigenvalue weighted by molar-refractivity contribution is 0.305. The van der Waals surface area contributed by atoms with Gasteiger partial charge in [-0.2, -0.15) is 4.80 Å². The van der Waals surface area contributed by atoms with Crippen molar-refractivity contribution < 1.29 is 0 Å². The van der Waals surface area contributed by atoms with Crippen LogP contribution in [0.2, 0.25) is 0 Å². The van der Waals surface area contributed by atoms with Gasteiger partial charge in [0, 0.05) is 0 Å². The Labute approximate surface area is 60.2 Å². The highest BCUT2D eigenvalue weighted by Gasteiger charge is 2.15. The Morgan fingerprint density at radius 1 is 1.30 bits per heavy atom. The van der Waals surface area contributed by atoms with Crippen LogP contribution in [-0.4, -0.2) is 20.2 Å². The largest absolute Gasteiger partial charge is 0.171 e. The van der Waals surface area contributed by atoms with E-state index in [0.29, 0.717) is 0 Å². The van der Waals surface area contributed by atoms with Gasteiger partial charge in [-0.3, -0.25) is 0 Å². The van der Waals surface area contributed by atoms with Crippen LogP contribution in [0.1, 0.15) is 26.6 Å². The summed E-state index contributed by atoms with van der Waals surface area (Å²) in [6.45, 7) is 7.94. The fourth-order valence-corrected chi connectivity index (χ4v) is 0.568. The first kappa shape index (κ1) is 7.18. The molecule has 4 heteroatoms. The predicted molar refractivity (Wildman–Crippen MR) is 37.6 cm³/mol. The first-order chi connectivity index (χ1) is 4.50. The van der Waals surface area contributed by atoms with Gasteiger partial charge in [0.2, 0.25) is 0 Å². The zero-order valence-electron chi connectivity index (χ0n) is 6.79. The first-order valence-electron chi connectivity index (χ1n) is 3.27. The molecule has 1 aromatic heterocycles. The molecule has 0 saturated carbocycles. The zero-order chi connectivity index (χ0) is 7.78. The summed E-state index contributed by atoms with van der Waals surface area (Å²) in [4.78, 5) is 1.61. The topological polar surface area (TPSA) is 43.6 Å². The van der Waals surface area contributed by atoms with Crippen LogP contribution in [-0.2, 0) is 5.54 Å². The van der Waals surface area contributed by atoms with Gasteiger partial charge < -0.3 is 0 Å². The summed E-state index contributed by atoms with van der Waals surface area (Å²) < 4.78 is 0. The summed E-state index contributed by atoms with van der Waals surface area (Å²) >= 11 is 0. The second-order valence-electron chi connectivity index (χ2n) is 3.30. The molecule has 0 fully saturated rings. The van der Waals surface area contributed by atoms with Gasteiger partial charge in [-0.05, 0) is 32.9 Å². The molecular weight excluding hydrogens is 128 g/mol. The van der Waals surface area contributed by atoms with Gasteiger partial charge in [0.1, 0.15) is 0 Å². The lowest BCUT2D eigenvalue weighted by Gasteiger charge is -2.15. The quantitative estimate of drug-likeness (QED) is 0.533.